The first-order chi connectivity index (χ1) is 11.1. The molecule has 1 heterocycles. The molecule has 1 aliphatic carbocycles. The van der Waals surface area contributed by atoms with Crippen LogP contribution in [0, 0.1) is 5.92 Å². The van der Waals surface area contributed by atoms with Gasteiger partial charge in [0.15, 0.2) is 0 Å². The van der Waals surface area contributed by atoms with Crippen molar-refractivity contribution in [3.8, 4) is 5.75 Å². The summed E-state index contributed by atoms with van der Waals surface area (Å²) in [6, 6.07) is 6.28. The maximum atomic E-state index is 11.7. The molecule has 0 bridgehead atoms. The summed E-state index contributed by atoms with van der Waals surface area (Å²) in [5.41, 5.74) is 3.15. The van der Waals surface area contributed by atoms with E-state index in [1.165, 1.54) is 18.2 Å². The monoisotopic (exact) mass is 317 g/mol. The predicted octanol–water partition coefficient (Wildman–Crippen LogP) is 2.10. The Morgan fingerprint density at radius 2 is 2.09 bits per heavy atom. The first-order valence-corrected chi connectivity index (χ1v) is 7.98. The molecule has 0 amide bonds. The third kappa shape index (κ3) is 3.34. The molecule has 1 N–H and O–H groups in total. The molecule has 1 aromatic carbocycles. The molecular formula is C18H23NO4. The van der Waals surface area contributed by atoms with Crippen LogP contribution in [-0.2, 0) is 22.4 Å². The Kier molecular flexibility index (Phi) is 4.57. The lowest BCUT2D eigenvalue weighted by Gasteiger charge is -2.29. The third-order valence-corrected chi connectivity index (χ3v) is 4.77. The second-order valence-electron chi connectivity index (χ2n) is 6.31. The topological polar surface area (TPSA) is 59.0 Å². The molecule has 1 atom stereocenters. The second kappa shape index (κ2) is 6.62. The van der Waals surface area contributed by atoms with E-state index < -0.39 is 5.97 Å². The van der Waals surface area contributed by atoms with Gasteiger partial charge in [0.1, 0.15) is 11.5 Å². The maximum Gasteiger partial charge on any atom is 0.338 e. The smallest absolute Gasteiger partial charge is 0.338 e. The van der Waals surface area contributed by atoms with Crippen molar-refractivity contribution >= 4 is 5.97 Å². The number of hydrogen-bond acceptors (Lipinski definition) is 5. The van der Waals surface area contributed by atoms with Crippen LogP contribution in [0.5, 0.6) is 5.75 Å². The number of carbonyl (C=O) groups is 1. The van der Waals surface area contributed by atoms with Crippen LogP contribution in [-0.4, -0.2) is 49.8 Å². The van der Waals surface area contributed by atoms with Gasteiger partial charge < -0.3 is 14.6 Å². The van der Waals surface area contributed by atoms with Crippen LogP contribution in [0.2, 0.25) is 0 Å². The molecule has 1 aliphatic heterocycles. The third-order valence-electron chi connectivity index (χ3n) is 4.77. The van der Waals surface area contributed by atoms with E-state index in [-0.39, 0.29) is 5.76 Å². The fourth-order valence-corrected chi connectivity index (χ4v) is 3.58. The van der Waals surface area contributed by atoms with Gasteiger partial charge in [-0.15, -0.1) is 0 Å². The van der Waals surface area contributed by atoms with Crippen LogP contribution in [0.15, 0.2) is 29.5 Å². The average Bonchev–Trinajstić information content (AvgIpc) is 2.97. The first kappa shape index (κ1) is 15.9. The van der Waals surface area contributed by atoms with Crippen molar-refractivity contribution in [3.05, 3.63) is 40.7 Å². The number of esters is 1. The summed E-state index contributed by atoms with van der Waals surface area (Å²) in [4.78, 5) is 14.0. The van der Waals surface area contributed by atoms with E-state index in [0.29, 0.717) is 24.5 Å². The van der Waals surface area contributed by atoms with E-state index in [2.05, 4.69) is 17.0 Å². The Morgan fingerprint density at radius 1 is 1.30 bits per heavy atom. The Bertz CT molecular complexity index is 638. The molecule has 23 heavy (non-hydrogen) atoms. The minimum atomic E-state index is -0.424. The first-order valence-electron chi connectivity index (χ1n) is 7.98. The number of rotatable bonds is 4. The van der Waals surface area contributed by atoms with Gasteiger partial charge in [-0.05, 0) is 42.0 Å². The normalized spacial score (nSPS) is 21.2. The highest BCUT2D eigenvalue weighted by molar-refractivity contribution is 5.89. The SMILES string of the molecule is COC(=O)C1=C(O)CCN(CC2Cc3ccc(OC)cc3C2)C1. The molecule has 0 aromatic heterocycles. The lowest BCUT2D eigenvalue weighted by molar-refractivity contribution is -0.136. The van der Waals surface area contributed by atoms with Crippen LogP contribution < -0.4 is 4.74 Å². The molecular weight excluding hydrogens is 294 g/mol. The molecule has 3 rings (SSSR count). The highest BCUT2D eigenvalue weighted by Gasteiger charge is 2.28. The van der Waals surface area contributed by atoms with Gasteiger partial charge in [-0.2, -0.15) is 0 Å². The molecule has 1 unspecified atom stereocenters. The quantitative estimate of drug-likeness (QED) is 0.862. The number of fused-ring (bicyclic) bond motifs is 1. The summed E-state index contributed by atoms with van der Waals surface area (Å²) in [6.45, 7) is 2.17. The second-order valence-corrected chi connectivity index (χ2v) is 6.31. The van der Waals surface area contributed by atoms with E-state index in [1.807, 2.05) is 6.07 Å². The number of carbonyl (C=O) groups excluding carboxylic acids is 1. The van der Waals surface area contributed by atoms with Gasteiger partial charge in [-0.3, -0.25) is 4.90 Å². The Labute approximate surface area is 136 Å². The summed E-state index contributed by atoms with van der Waals surface area (Å²) in [7, 11) is 3.04. The Hall–Kier alpha value is -2.01. The summed E-state index contributed by atoms with van der Waals surface area (Å²) in [5.74, 6) is 1.19. The summed E-state index contributed by atoms with van der Waals surface area (Å²) < 4.78 is 10.1. The van der Waals surface area contributed by atoms with E-state index in [1.54, 1.807) is 7.11 Å². The molecule has 0 saturated heterocycles. The van der Waals surface area contributed by atoms with Crippen molar-refractivity contribution in [2.75, 3.05) is 33.9 Å². The fraction of sp³-hybridized carbons (Fsp3) is 0.500. The number of ether oxygens (including phenoxy) is 2. The Morgan fingerprint density at radius 3 is 2.83 bits per heavy atom. The molecule has 5 heteroatoms. The van der Waals surface area contributed by atoms with Gasteiger partial charge >= 0.3 is 5.97 Å². The average molecular weight is 317 g/mol. The van der Waals surface area contributed by atoms with E-state index >= 15 is 0 Å². The van der Waals surface area contributed by atoms with Crippen molar-refractivity contribution in [3.63, 3.8) is 0 Å². The minimum Gasteiger partial charge on any atom is -0.512 e. The molecule has 5 nitrogen and oxygen atoms in total. The molecule has 124 valence electrons. The van der Waals surface area contributed by atoms with Crippen LogP contribution in [0.25, 0.3) is 0 Å². The zero-order chi connectivity index (χ0) is 16.4. The maximum absolute atomic E-state index is 11.7. The van der Waals surface area contributed by atoms with Crippen LogP contribution in [0.1, 0.15) is 17.5 Å². The van der Waals surface area contributed by atoms with Crippen LogP contribution in [0.3, 0.4) is 0 Å². The molecule has 0 spiro atoms. The Balaban J connectivity index is 1.62. The number of aliphatic hydroxyl groups is 1. The zero-order valence-corrected chi connectivity index (χ0v) is 13.7. The molecule has 0 fully saturated rings. The highest BCUT2D eigenvalue weighted by Crippen LogP contribution is 2.31. The van der Waals surface area contributed by atoms with E-state index in [9.17, 15) is 9.90 Å². The molecule has 0 saturated carbocycles. The predicted molar refractivity (Wildman–Crippen MR) is 86.6 cm³/mol. The van der Waals surface area contributed by atoms with Gasteiger partial charge in [-0.1, -0.05) is 6.07 Å². The lowest BCUT2D eigenvalue weighted by atomic mass is 10.0. The van der Waals surface area contributed by atoms with Gasteiger partial charge in [0.25, 0.3) is 0 Å². The van der Waals surface area contributed by atoms with Crippen molar-refractivity contribution < 1.29 is 19.4 Å². The number of nitrogens with zero attached hydrogens (tertiary/aromatic N) is 1. The number of hydrogen-bond donors (Lipinski definition) is 1. The highest BCUT2D eigenvalue weighted by atomic mass is 16.5. The van der Waals surface area contributed by atoms with E-state index in [4.69, 9.17) is 9.47 Å². The van der Waals surface area contributed by atoms with Gasteiger partial charge in [0, 0.05) is 26.1 Å². The van der Waals surface area contributed by atoms with Crippen LogP contribution >= 0.6 is 0 Å². The molecule has 1 aromatic rings. The van der Waals surface area contributed by atoms with Crippen molar-refractivity contribution in [1.29, 1.82) is 0 Å². The van der Waals surface area contributed by atoms with E-state index in [0.717, 1.165) is 31.7 Å². The summed E-state index contributed by atoms with van der Waals surface area (Å²) in [5, 5.41) is 9.89. The minimum absolute atomic E-state index is 0.174. The number of aliphatic hydroxyl groups excluding tert-OH is 1. The summed E-state index contributed by atoms with van der Waals surface area (Å²) >= 11 is 0. The zero-order valence-electron chi connectivity index (χ0n) is 13.7. The fourth-order valence-electron chi connectivity index (χ4n) is 3.58. The number of benzene rings is 1. The molecule has 2 aliphatic rings. The van der Waals surface area contributed by atoms with Gasteiger partial charge in [-0.25, -0.2) is 4.79 Å². The van der Waals surface area contributed by atoms with Gasteiger partial charge in [0.05, 0.1) is 19.8 Å². The lowest BCUT2D eigenvalue weighted by Crippen LogP contribution is -2.38. The van der Waals surface area contributed by atoms with Gasteiger partial charge in [0.2, 0.25) is 0 Å². The van der Waals surface area contributed by atoms with Crippen molar-refractivity contribution in [1.82, 2.24) is 4.90 Å². The number of methoxy groups -OCH3 is 2. The molecule has 0 radical (unpaired) electrons. The van der Waals surface area contributed by atoms with Crippen molar-refractivity contribution in [2.24, 2.45) is 5.92 Å². The standard InChI is InChI=1S/C18H23NO4/c1-22-15-4-3-13-7-12(8-14(13)9-15)10-19-6-5-17(20)16(11-19)18(21)23-2/h3-4,9,12,20H,5-8,10-11H2,1-2H3. The van der Waals surface area contributed by atoms with Crippen LogP contribution in [0.4, 0.5) is 0 Å². The largest absolute Gasteiger partial charge is 0.512 e. The summed E-state index contributed by atoms with van der Waals surface area (Å²) in [6.07, 6.45) is 2.60. The van der Waals surface area contributed by atoms with Crippen molar-refractivity contribution in [2.45, 2.75) is 19.3 Å².